The summed E-state index contributed by atoms with van der Waals surface area (Å²) >= 11 is 5.51. The van der Waals surface area contributed by atoms with Crippen LogP contribution >= 0.6 is 27.3 Å². The molecule has 0 aliphatic heterocycles. The molecule has 0 saturated carbocycles. The van der Waals surface area contributed by atoms with Gasteiger partial charge in [-0.1, -0.05) is 6.92 Å². The molecule has 1 N–H and O–H groups in total. The molecule has 1 heterocycles. The highest BCUT2D eigenvalue weighted by Crippen LogP contribution is 2.27. The van der Waals surface area contributed by atoms with Gasteiger partial charge in [0.25, 0.3) is 0 Å². The Morgan fingerprint density at radius 3 is 2.79 bits per heavy atom. The van der Waals surface area contributed by atoms with Gasteiger partial charge in [0.05, 0.1) is 0 Å². The fourth-order valence-electron chi connectivity index (χ4n) is 1.41. The van der Waals surface area contributed by atoms with Crippen molar-refractivity contribution < 1.29 is 0 Å². The summed E-state index contributed by atoms with van der Waals surface area (Å²) in [4.78, 5) is 2.90. The van der Waals surface area contributed by atoms with Gasteiger partial charge < -0.3 is 5.32 Å². The second-order valence-electron chi connectivity index (χ2n) is 3.44. The van der Waals surface area contributed by atoms with Crippen LogP contribution in [0.3, 0.4) is 0 Å². The second-order valence-corrected chi connectivity index (χ2v) is 5.63. The van der Waals surface area contributed by atoms with Crippen LogP contribution in [0.2, 0.25) is 0 Å². The van der Waals surface area contributed by atoms with E-state index in [0.29, 0.717) is 0 Å². The predicted molar refractivity (Wildman–Crippen MR) is 68.2 cm³/mol. The van der Waals surface area contributed by atoms with Crippen molar-refractivity contribution in [3.05, 3.63) is 20.3 Å². The van der Waals surface area contributed by atoms with Gasteiger partial charge in [-0.3, -0.25) is 0 Å². The highest BCUT2D eigenvalue weighted by Gasteiger charge is 2.03. The maximum Gasteiger partial charge on any atom is 0.0317 e. The average Bonchev–Trinajstić information content (AvgIpc) is 2.45. The number of nitrogens with one attached hydrogen (secondary N) is 1. The van der Waals surface area contributed by atoms with Gasteiger partial charge in [0.2, 0.25) is 0 Å². The number of aryl methyl sites for hydroxylation is 2. The summed E-state index contributed by atoms with van der Waals surface area (Å²) in [6.45, 7) is 6.55. The van der Waals surface area contributed by atoms with Gasteiger partial charge in [0, 0.05) is 14.2 Å². The van der Waals surface area contributed by atoms with E-state index in [9.17, 15) is 0 Å². The van der Waals surface area contributed by atoms with Crippen LogP contribution < -0.4 is 5.32 Å². The predicted octanol–water partition coefficient (Wildman–Crippen LogP) is 3.75. The van der Waals surface area contributed by atoms with Gasteiger partial charge in [-0.15, -0.1) is 11.3 Å². The molecule has 1 aromatic rings. The van der Waals surface area contributed by atoms with Gasteiger partial charge in [-0.2, -0.15) is 0 Å². The molecule has 0 aliphatic carbocycles. The quantitative estimate of drug-likeness (QED) is 0.780. The van der Waals surface area contributed by atoms with Crippen LogP contribution in [-0.2, 0) is 6.42 Å². The summed E-state index contributed by atoms with van der Waals surface area (Å²) in [5, 5.41) is 3.35. The van der Waals surface area contributed by atoms with Crippen LogP contribution in [0.1, 0.15) is 29.5 Å². The summed E-state index contributed by atoms with van der Waals surface area (Å²) in [7, 11) is 0. The molecule has 14 heavy (non-hydrogen) atoms. The molecule has 1 aromatic heterocycles. The lowest BCUT2D eigenvalue weighted by atomic mass is 10.2. The van der Waals surface area contributed by atoms with E-state index in [2.05, 4.69) is 41.2 Å². The summed E-state index contributed by atoms with van der Waals surface area (Å²) in [6, 6.07) is 2.21. The zero-order valence-corrected chi connectivity index (χ0v) is 11.3. The van der Waals surface area contributed by atoms with Crippen LogP contribution in [0.5, 0.6) is 0 Å². The van der Waals surface area contributed by atoms with E-state index >= 15 is 0 Å². The Bertz CT molecular complexity index is 270. The first kappa shape index (κ1) is 12.2. The van der Waals surface area contributed by atoms with Crippen molar-refractivity contribution in [2.75, 3.05) is 13.1 Å². The lowest BCUT2D eigenvalue weighted by molar-refractivity contribution is 0.642. The molecule has 3 heteroatoms. The van der Waals surface area contributed by atoms with Crippen molar-refractivity contribution in [1.82, 2.24) is 5.32 Å². The van der Waals surface area contributed by atoms with Gasteiger partial charge in [0.15, 0.2) is 0 Å². The van der Waals surface area contributed by atoms with Gasteiger partial charge in [0.1, 0.15) is 0 Å². The molecule has 0 saturated heterocycles. The minimum absolute atomic E-state index is 1.09. The summed E-state index contributed by atoms with van der Waals surface area (Å²) in [6.07, 6.45) is 3.77. The molecular weight excluding hydrogens is 258 g/mol. The maximum atomic E-state index is 3.59. The molecule has 0 amide bonds. The van der Waals surface area contributed by atoms with E-state index in [1.54, 1.807) is 0 Å². The molecule has 1 rings (SSSR count). The molecule has 0 aromatic carbocycles. The smallest absolute Gasteiger partial charge is 0.0317 e. The molecule has 0 atom stereocenters. The molecular formula is C11H18BrNS. The summed E-state index contributed by atoms with van der Waals surface area (Å²) in [5.41, 5.74) is 0. The number of rotatable bonds is 6. The van der Waals surface area contributed by atoms with Gasteiger partial charge in [-0.05, 0) is 61.3 Å². The topological polar surface area (TPSA) is 12.0 Å². The third-order valence-corrected chi connectivity index (χ3v) is 4.22. The van der Waals surface area contributed by atoms with Crippen LogP contribution in [0, 0.1) is 6.92 Å². The Balaban J connectivity index is 2.21. The molecule has 80 valence electrons. The Morgan fingerprint density at radius 1 is 1.43 bits per heavy atom. The van der Waals surface area contributed by atoms with Crippen LogP contribution in [0.15, 0.2) is 10.5 Å². The highest BCUT2D eigenvalue weighted by molar-refractivity contribution is 9.10. The van der Waals surface area contributed by atoms with Crippen molar-refractivity contribution in [3.8, 4) is 0 Å². The molecule has 0 bridgehead atoms. The zero-order valence-electron chi connectivity index (χ0n) is 8.90. The number of halogens is 1. The second kappa shape index (κ2) is 6.59. The molecule has 0 radical (unpaired) electrons. The lowest BCUT2D eigenvalue weighted by Gasteiger charge is -2.00. The normalized spacial score (nSPS) is 10.8. The number of unbranched alkanes of at least 4 members (excludes halogenated alkanes) is 1. The van der Waals surface area contributed by atoms with Crippen LogP contribution in [0.25, 0.3) is 0 Å². The minimum atomic E-state index is 1.09. The zero-order chi connectivity index (χ0) is 10.4. The first-order valence-corrected chi connectivity index (χ1v) is 6.80. The SMILES string of the molecule is CCNCCCCc1sc(C)cc1Br. The van der Waals surface area contributed by atoms with E-state index in [-0.39, 0.29) is 0 Å². The molecule has 0 fully saturated rings. The van der Waals surface area contributed by atoms with E-state index < -0.39 is 0 Å². The van der Waals surface area contributed by atoms with E-state index in [4.69, 9.17) is 0 Å². The Labute approximate surface area is 99.0 Å². The van der Waals surface area contributed by atoms with Crippen molar-refractivity contribution >= 4 is 27.3 Å². The monoisotopic (exact) mass is 275 g/mol. The Kier molecular flexibility index (Phi) is 5.75. The minimum Gasteiger partial charge on any atom is -0.317 e. The number of hydrogen-bond acceptors (Lipinski definition) is 2. The van der Waals surface area contributed by atoms with Crippen LogP contribution in [0.4, 0.5) is 0 Å². The van der Waals surface area contributed by atoms with Crippen LogP contribution in [-0.4, -0.2) is 13.1 Å². The summed E-state index contributed by atoms with van der Waals surface area (Å²) < 4.78 is 1.29. The third kappa shape index (κ3) is 4.11. The standard InChI is InChI=1S/C11H18BrNS/c1-3-13-7-5-4-6-11-10(12)8-9(2)14-11/h8,13H,3-7H2,1-2H3. The highest BCUT2D eigenvalue weighted by atomic mass is 79.9. The first-order valence-electron chi connectivity index (χ1n) is 5.19. The van der Waals surface area contributed by atoms with Gasteiger partial charge >= 0.3 is 0 Å². The maximum absolute atomic E-state index is 3.59. The molecule has 1 nitrogen and oxygen atoms in total. The first-order chi connectivity index (χ1) is 6.74. The molecule has 0 spiro atoms. The van der Waals surface area contributed by atoms with E-state index in [0.717, 1.165) is 13.1 Å². The third-order valence-electron chi connectivity index (χ3n) is 2.14. The Hall–Kier alpha value is 0.140. The van der Waals surface area contributed by atoms with Crippen molar-refractivity contribution in [2.45, 2.75) is 33.1 Å². The number of thiophene rings is 1. The fourth-order valence-corrected chi connectivity index (χ4v) is 3.32. The number of hydrogen-bond donors (Lipinski definition) is 1. The fraction of sp³-hybridized carbons (Fsp3) is 0.636. The molecule has 0 aliphatic rings. The lowest BCUT2D eigenvalue weighted by Crippen LogP contribution is -2.13. The van der Waals surface area contributed by atoms with E-state index in [1.165, 1.54) is 33.5 Å². The average molecular weight is 276 g/mol. The largest absolute Gasteiger partial charge is 0.317 e. The van der Waals surface area contributed by atoms with Crippen molar-refractivity contribution in [3.63, 3.8) is 0 Å². The van der Waals surface area contributed by atoms with Crippen molar-refractivity contribution in [1.29, 1.82) is 0 Å². The van der Waals surface area contributed by atoms with Gasteiger partial charge in [-0.25, -0.2) is 0 Å². The Morgan fingerprint density at radius 2 is 2.21 bits per heavy atom. The van der Waals surface area contributed by atoms with Crippen molar-refractivity contribution in [2.24, 2.45) is 0 Å². The van der Waals surface area contributed by atoms with E-state index in [1.807, 2.05) is 11.3 Å². The summed E-state index contributed by atoms with van der Waals surface area (Å²) in [5.74, 6) is 0. The molecule has 0 unspecified atom stereocenters.